The molecular weight excluding hydrogens is 750 g/mol. The van der Waals surface area contributed by atoms with Gasteiger partial charge in [0.25, 0.3) is 0 Å². The van der Waals surface area contributed by atoms with Crippen LogP contribution in [0, 0.1) is 0 Å². The van der Waals surface area contributed by atoms with Crippen LogP contribution in [0.5, 0.6) is 0 Å². The molecule has 3 fully saturated rings. The first-order valence-electron chi connectivity index (χ1n) is 17.6. The Labute approximate surface area is 315 Å². The third kappa shape index (κ3) is 14.1. The summed E-state index contributed by atoms with van der Waals surface area (Å²) in [6, 6.07) is 0. The van der Waals surface area contributed by atoms with Gasteiger partial charge in [0.15, 0.2) is 18.9 Å². The fourth-order valence-corrected chi connectivity index (χ4v) is 5.56. The maximum atomic E-state index is 12.3. The first kappa shape index (κ1) is 47.3. The van der Waals surface area contributed by atoms with E-state index in [0.717, 1.165) is 6.08 Å². The van der Waals surface area contributed by atoms with Gasteiger partial charge in [-0.05, 0) is 0 Å². The number of carbonyl (C=O) groups excluding carboxylic acids is 2. The number of aliphatic hydroxyl groups is 10. The van der Waals surface area contributed by atoms with Crippen LogP contribution in [-0.2, 0) is 57.0 Å². The molecule has 3 rings (SSSR count). The highest BCUT2D eigenvalue weighted by atomic mass is 16.8. The van der Waals surface area contributed by atoms with Crippen molar-refractivity contribution >= 4 is 11.9 Å². The Kier molecular flexibility index (Phi) is 21.2. The molecule has 55 heavy (non-hydrogen) atoms. The quantitative estimate of drug-likeness (QED) is 0.0245. The minimum Gasteiger partial charge on any atom is -0.460 e. The molecule has 3 saturated heterocycles. The van der Waals surface area contributed by atoms with Gasteiger partial charge in [0.2, 0.25) is 5.91 Å². The molecule has 0 bridgehead atoms. The molecule has 0 aromatic rings. The summed E-state index contributed by atoms with van der Waals surface area (Å²) in [7, 11) is 0. The van der Waals surface area contributed by atoms with Crippen molar-refractivity contribution in [3.8, 4) is 0 Å². The molecule has 0 saturated carbocycles. The van der Waals surface area contributed by atoms with Crippen molar-refractivity contribution in [3.05, 3.63) is 12.7 Å². The zero-order valence-corrected chi connectivity index (χ0v) is 30.0. The van der Waals surface area contributed by atoms with Crippen molar-refractivity contribution in [2.24, 2.45) is 0 Å². The molecule has 3 aliphatic heterocycles. The van der Waals surface area contributed by atoms with Crippen LogP contribution < -0.4 is 5.32 Å². The van der Waals surface area contributed by atoms with Crippen LogP contribution in [0.25, 0.3) is 0 Å². The van der Waals surface area contributed by atoms with Crippen molar-refractivity contribution < 1.29 is 108 Å². The molecular formula is C32H55NO22. The van der Waals surface area contributed by atoms with Crippen LogP contribution >= 0.6 is 0 Å². The monoisotopic (exact) mass is 805 g/mol. The lowest BCUT2D eigenvalue weighted by atomic mass is 9.96. The molecule has 3 aliphatic rings. The summed E-state index contributed by atoms with van der Waals surface area (Å²) in [5.41, 5.74) is 0. The zero-order valence-electron chi connectivity index (χ0n) is 30.0. The Morgan fingerprint density at radius 1 is 0.564 bits per heavy atom. The second-order valence-corrected chi connectivity index (χ2v) is 12.5. The van der Waals surface area contributed by atoms with E-state index < -0.39 is 124 Å². The predicted octanol–water partition coefficient (Wildman–Crippen LogP) is -7.26. The van der Waals surface area contributed by atoms with Gasteiger partial charge >= 0.3 is 5.97 Å². The van der Waals surface area contributed by atoms with Crippen molar-refractivity contribution in [3.63, 3.8) is 0 Å². The van der Waals surface area contributed by atoms with Gasteiger partial charge in [-0.3, -0.25) is 4.79 Å². The van der Waals surface area contributed by atoms with Crippen LogP contribution in [0.4, 0.5) is 0 Å². The molecule has 0 radical (unpaired) electrons. The van der Waals surface area contributed by atoms with Gasteiger partial charge in [-0.2, -0.15) is 0 Å². The second-order valence-electron chi connectivity index (χ2n) is 12.5. The Bertz CT molecular complexity index is 1120. The zero-order chi connectivity index (χ0) is 40.5. The summed E-state index contributed by atoms with van der Waals surface area (Å²) in [4.78, 5) is 23.2. The summed E-state index contributed by atoms with van der Waals surface area (Å²) in [5, 5.41) is 105. The molecule has 3 heterocycles. The second kappa shape index (κ2) is 24.6. The number of hydrogen-bond acceptors (Lipinski definition) is 22. The summed E-state index contributed by atoms with van der Waals surface area (Å²) in [6.45, 7) is 1.96. The lowest BCUT2D eigenvalue weighted by Gasteiger charge is -2.48. The summed E-state index contributed by atoms with van der Waals surface area (Å²) in [5.74, 6) is -0.938. The molecule has 0 unspecified atom stereocenters. The van der Waals surface area contributed by atoms with E-state index in [1.54, 1.807) is 0 Å². The number of carbonyl (C=O) groups is 2. The van der Waals surface area contributed by atoms with Gasteiger partial charge in [-0.25, -0.2) is 4.79 Å². The SMILES string of the molecule is C=CC(=O)OCCOCCOCCOCCC(=O)NCCO[C@H]1O[C@H](CO)[C@@H](O)[C@H](O)[C@@H]1O[C@@H]1O[C@H](CO)[C@@H](O)[C@H](O)[C@@H]1O[C@@H]1O[C@H](CO)[C@@H](O)[C@H](O)[C@@H]1O. The molecule has 0 aliphatic carbocycles. The van der Waals surface area contributed by atoms with Crippen molar-refractivity contribution in [1.29, 1.82) is 0 Å². The first-order chi connectivity index (χ1) is 26.4. The summed E-state index contributed by atoms with van der Waals surface area (Å²) >= 11 is 0. The van der Waals surface area contributed by atoms with Crippen molar-refractivity contribution in [2.75, 3.05) is 79.2 Å². The summed E-state index contributed by atoms with van der Waals surface area (Å²) in [6.07, 6.45) is -24.8. The highest BCUT2D eigenvalue weighted by Gasteiger charge is 2.54. The van der Waals surface area contributed by atoms with E-state index >= 15 is 0 Å². The topological polar surface area (TPSA) is 341 Å². The van der Waals surface area contributed by atoms with Crippen LogP contribution in [0.1, 0.15) is 6.42 Å². The summed E-state index contributed by atoms with van der Waals surface area (Å²) < 4.78 is 54.4. The number of hydrogen-bond donors (Lipinski definition) is 11. The minimum absolute atomic E-state index is 0.00918. The van der Waals surface area contributed by atoms with E-state index in [1.807, 2.05) is 0 Å². The van der Waals surface area contributed by atoms with Gasteiger partial charge < -0.3 is 104 Å². The normalized spacial score (nSPS) is 36.7. The highest BCUT2D eigenvalue weighted by Crippen LogP contribution is 2.33. The van der Waals surface area contributed by atoms with Crippen LogP contribution in [0.3, 0.4) is 0 Å². The maximum absolute atomic E-state index is 12.3. The molecule has 320 valence electrons. The van der Waals surface area contributed by atoms with Gasteiger partial charge in [-0.15, -0.1) is 0 Å². The molecule has 0 spiro atoms. The van der Waals surface area contributed by atoms with E-state index in [4.69, 9.17) is 47.4 Å². The van der Waals surface area contributed by atoms with Gasteiger partial charge in [0.1, 0.15) is 79.9 Å². The minimum atomic E-state index is -1.94. The lowest BCUT2D eigenvalue weighted by Crippen LogP contribution is -2.67. The largest absolute Gasteiger partial charge is 0.460 e. The average Bonchev–Trinajstić information content (AvgIpc) is 3.18. The fourth-order valence-electron chi connectivity index (χ4n) is 5.56. The Hall–Kier alpha value is -2.08. The van der Waals surface area contributed by atoms with E-state index in [0.29, 0.717) is 0 Å². The number of amides is 1. The number of aliphatic hydroxyl groups excluding tert-OH is 10. The van der Waals surface area contributed by atoms with Gasteiger partial charge in [-0.1, -0.05) is 6.58 Å². The van der Waals surface area contributed by atoms with E-state index in [9.17, 15) is 60.7 Å². The van der Waals surface area contributed by atoms with Gasteiger partial charge in [0, 0.05) is 19.0 Å². The molecule has 11 N–H and O–H groups in total. The van der Waals surface area contributed by atoms with Crippen molar-refractivity contribution in [1.82, 2.24) is 5.32 Å². The third-order valence-corrected chi connectivity index (χ3v) is 8.64. The number of rotatable bonds is 24. The average molecular weight is 806 g/mol. The van der Waals surface area contributed by atoms with Crippen LogP contribution in [0.15, 0.2) is 12.7 Å². The lowest BCUT2D eigenvalue weighted by molar-refractivity contribution is -0.393. The van der Waals surface area contributed by atoms with Crippen LogP contribution in [-0.4, -0.2) is 234 Å². The van der Waals surface area contributed by atoms with Gasteiger partial charge in [0.05, 0.1) is 66.1 Å². The standard InChI is InChI=1S/C32H55NO22/c1-2-20(38)49-12-11-48-10-9-47-8-7-46-5-3-19(37)33-4-6-50-31-28(25(43)22(40)17(14-35)52-31)55-32-29(26(44)23(41)18(15-36)53-32)54-30-27(45)24(42)21(39)16(13-34)51-30/h2,16-18,21-32,34-36,39-45H,1,3-15H2,(H,33,37)/t16-,17-,18-,21-,22-,23-,24+,25+,26+,27+,28+,29+,30+,31+,32+/m1/s1. The smallest absolute Gasteiger partial charge is 0.330 e. The first-order valence-corrected chi connectivity index (χ1v) is 17.6. The number of ether oxygens (including phenoxy) is 10. The fraction of sp³-hybridized carbons (Fsp3) is 0.875. The molecule has 0 aromatic carbocycles. The third-order valence-electron chi connectivity index (χ3n) is 8.64. The Morgan fingerprint density at radius 2 is 1.02 bits per heavy atom. The predicted molar refractivity (Wildman–Crippen MR) is 176 cm³/mol. The Morgan fingerprint density at radius 3 is 1.56 bits per heavy atom. The van der Waals surface area contributed by atoms with E-state index in [1.165, 1.54) is 0 Å². The van der Waals surface area contributed by atoms with Crippen molar-refractivity contribution in [2.45, 2.75) is 98.5 Å². The maximum Gasteiger partial charge on any atom is 0.330 e. The number of nitrogens with one attached hydrogen (secondary N) is 1. The molecule has 1 amide bonds. The van der Waals surface area contributed by atoms with E-state index in [2.05, 4.69) is 11.9 Å². The molecule has 0 aromatic heterocycles. The molecule has 15 atom stereocenters. The molecule has 23 heteroatoms. The molecule has 23 nitrogen and oxygen atoms in total. The number of esters is 1. The highest BCUT2D eigenvalue weighted by molar-refractivity contribution is 5.81. The van der Waals surface area contributed by atoms with E-state index in [-0.39, 0.29) is 65.8 Å². The Balaban J connectivity index is 1.49. The van der Waals surface area contributed by atoms with Crippen LogP contribution in [0.2, 0.25) is 0 Å².